The molecule has 0 spiro atoms. The molecular formula is C12H6F4N2. The minimum absolute atomic E-state index is 0.390. The molecule has 0 aliphatic heterocycles. The summed E-state index contributed by atoms with van der Waals surface area (Å²) in [4.78, 5) is 0. The number of hydrogen-bond donors (Lipinski definition) is 0. The van der Waals surface area contributed by atoms with Crippen molar-refractivity contribution in [2.75, 3.05) is 0 Å². The topological polar surface area (TPSA) is 24.7 Å². The van der Waals surface area contributed by atoms with Crippen LogP contribution in [0, 0.1) is 23.3 Å². The maximum Gasteiger partial charge on any atom is 0.186 e. The number of rotatable bonds is 2. The Labute approximate surface area is 99.6 Å². The van der Waals surface area contributed by atoms with Crippen LogP contribution in [-0.2, 0) is 0 Å². The Morgan fingerprint density at radius 3 is 1.39 bits per heavy atom. The molecule has 0 heterocycles. The predicted molar refractivity (Wildman–Crippen MR) is 56.9 cm³/mol. The van der Waals surface area contributed by atoms with Crippen LogP contribution in [0.3, 0.4) is 0 Å². The molecule has 0 N–H and O–H groups in total. The van der Waals surface area contributed by atoms with Gasteiger partial charge in [-0.2, -0.15) is 0 Å². The van der Waals surface area contributed by atoms with E-state index in [1.165, 1.54) is 24.3 Å². The first-order valence-corrected chi connectivity index (χ1v) is 4.89. The summed E-state index contributed by atoms with van der Waals surface area (Å²) < 4.78 is 52.1. The summed E-state index contributed by atoms with van der Waals surface area (Å²) in [7, 11) is 0. The van der Waals surface area contributed by atoms with Gasteiger partial charge in [-0.15, -0.1) is 10.2 Å². The van der Waals surface area contributed by atoms with Crippen molar-refractivity contribution in [3.8, 4) is 0 Å². The third-order valence-electron chi connectivity index (χ3n) is 2.13. The zero-order valence-corrected chi connectivity index (χ0v) is 8.87. The third-order valence-corrected chi connectivity index (χ3v) is 2.13. The fourth-order valence-electron chi connectivity index (χ4n) is 1.25. The maximum absolute atomic E-state index is 13.2. The molecule has 2 rings (SSSR count). The van der Waals surface area contributed by atoms with E-state index in [9.17, 15) is 17.6 Å². The van der Waals surface area contributed by atoms with E-state index in [1.807, 2.05) is 0 Å². The molecule has 0 saturated heterocycles. The maximum atomic E-state index is 13.2. The molecule has 6 heteroatoms. The van der Waals surface area contributed by atoms with Crippen LogP contribution < -0.4 is 0 Å². The molecule has 0 aliphatic rings. The van der Waals surface area contributed by atoms with Crippen LogP contribution in [-0.4, -0.2) is 0 Å². The van der Waals surface area contributed by atoms with E-state index in [-0.39, 0.29) is 0 Å². The summed E-state index contributed by atoms with van der Waals surface area (Å²) in [5.74, 6) is -4.58. The van der Waals surface area contributed by atoms with Crippen LogP contribution in [0.5, 0.6) is 0 Å². The standard InChI is InChI=1S/C12H6F4N2/c13-7-3-1-5-9(11(7)15)17-18-10-6-2-4-8(14)12(10)16/h1-6H. The smallest absolute Gasteiger partial charge is 0.186 e. The Bertz CT molecular complexity index is 558. The molecule has 2 nitrogen and oxygen atoms in total. The van der Waals surface area contributed by atoms with Crippen LogP contribution in [0.2, 0.25) is 0 Å². The lowest BCUT2D eigenvalue weighted by Crippen LogP contribution is -1.83. The molecule has 0 saturated carbocycles. The Morgan fingerprint density at radius 2 is 1.00 bits per heavy atom. The van der Waals surface area contributed by atoms with E-state index >= 15 is 0 Å². The van der Waals surface area contributed by atoms with Crippen molar-refractivity contribution in [3.05, 3.63) is 59.7 Å². The second-order valence-corrected chi connectivity index (χ2v) is 3.35. The minimum Gasteiger partial charge on any atom is -0.204 e. The minimum atomic E-state index is -1.20. The van der Waals surface area contributed by atoms with Crippen molar-refractivity contribution in [3.63, 3.8) is 0 Å². The second-order valence-electron chi connectivity index (χ2n) is 3.35. The zero-order valence-electron chi connectivity index (χ0n) is 8.87. The van der Waals surface area contributed by atoms with Crippen LogP contribution in [0.4, 0.5) is 28.9 Å². The largest absolute Gasteiger partial charge is 0.204 e. The van der Waals surface area contributed by atoms with Gasteiger partial charge in [-0.3, -0.25) is 0 Å². The number of azo groups is 1. The van der Waals surface area contributed by atoms with Gasteiger partial charge in [0.2, 0.25) is 0 Å². The Balaban J connectivity index is 2.36. The third kappa shape index (κ3) is 2.37. The van der Waals surface area contributed by atoms with Gasteiger partial charge < -0.3 is 0 Å². The molecule has 2 aromatic carbocycles. The molecule has 0 fully saturated rings. The zero-order chi connectivity index (χ0) is 13.1. The molecule has 0 atom stereocenters. The summed E-state index contributed by atoms with van der Waals surface area (Å²) in [6.07, 6.45) is 0. The van der Waals surface area contributed by atoms with Crippen molar-refractivity contribution in [1.82, 2.24) is 0 Å². The van der Waals surface area contributed by atoms with Crippen molar-refractivity contribution < 1.29 is 17.6 Å². The monoisotopic (exact) mass is 254 g/mol. The van der Waals surface area contributed by atoms with Gasteiger partial charge >= 0.3 is 0 Å². The predicted octanol–water partition coefficient (Wildman–Crippen LogP) is 4.66. The first-order chi connectivity index (χ1) is 8.59. The highest BCUT2D eigenvalue weighted by Gasteiger charge is 2.09. The second kappa shape index (κ2) is 4.95. The van der Waals surface area contributed by atoms with E-state index in [4.69, 9.17) is 0 Å². The van der Waals surface area contributed by atoms with E-state index in [0.29, 0.717) is 0 Å². The number of benzene rings is 2. The van der Waals surface area contributed by atoms with Crippen LogP contribution in [0.25, 0.3) is 0 Å². The Hall–Kier alpha value is -2.24. The van der Waals surface area contributed by atoms with Gasteiger partial charge in [0.05, 0.1) is 0 Å². The summed E-state index contributed by atoms with van der Waals surface area (Å²) >= 11 is 0. The fraction of sp³-hybridized carbons (Fsp3) is 0. The molecule has 0 bridgehead atoms. The van der Waals surface area contributed by atoms with Crippen molar-refractivity contribution in [1.29, 1.82) is 0 Å². The van der Waals surface area contributed by atoms with Crippen LogP contribution in [0.15, 0.2) is 46.6 Å². The summed E-state index contributed by atoms with van der Waals surface area (Å²) in [6.45, 7) is 0. The molecular weight excluding hydrogens is 248 g/mol. The Morgan fingerprint density at radius 1 is 0.611 bits per heavy atom. The highest BCUT2D eigenvalue weighted by atomic mass is 19.2. The molecule has 0 aromatic heterocycles. The quantitative estimate of drug-likeness (QED) is 0.550. The summed E-state index contributed by atoms with van der Waals surface area (Å²) in [5, 5.41) is 6.68. The van der Waals surface area contributed by atoms with Gasteiger partial charge in [-0.25, -0.2) is 17.6 Å². The molecule has 92 valence electrons. The van der Waals surface area contributed by atoms with E-state index in [0.717, 1.165) is 12.1 Å². The van der Waals surface area contributed by atoms with Crippen LogP contribution >= 0.6 is 0 Å². The highest BCUT2D eigenvalue weighted by Crippen LogP contribution is 2.25. The van der Waals surface area contributed by atoms with Crippen molar-refractivity contribution in [2.24, 2.45) is 10.2 Å². The lowest BCUT2D eigenvalue weighted by Gasteiger charge is -1.98. The van der Waals surface area contributed by atoms with Gasteiger partial charge in [0.25, 0.3) is 0 Å². The number of hydrogen-bond acceptors (Lipinski definition) is 2. The average molecular weight is 254 g/mol. The molecule has 0 unspecified atom stereocenters. The molecule has 18 heavy (non-hydrogen) atoms. The first kappa shape index (κ1) is 12.2. The summed E-state index contributed by atoms with van der Waals surface area (Å²) in [6, 6.07) is 6.62. The number of halogens is 4. The molecule has 0 amide bonds. The highest BCUT2D eigenvalue weighted by molar-refractivity contribution is 5.42. The number of nitrogens with zero attached hydrogens (tertiary/aromatic N) is 2. The van der Waals surface area contributed by atoms with Crippen molar-refractivity contribution in [2.45, 2.75) is 0 Å². The van der Waals surface area contributed by atoms with Crippen LogP contribution in [0.1, 0.15) is 0 Å². The van der Waals surface area contributed by atoms with Gasteiger partial charge in [-0.1, -0.05) is 12.1 Å². The SMILES string of the molecule is Fc1cccc(N=Nc2cccc(F)c2F)c1F. The normalized spacial score (nSPS) is 11.1. The summed E-state index contributed by atoms with van der Waals surface area (Å²) in [5.41, 5.74) is -0.780. The van der Waals surface area contributed by atoms with Gasteiger partial charge in [0, 0.05) is 0 Å². The van der Waals surface area contributed by atoms with E-state index in [2.05, 4.69) is 10.2 Å². The fourth-order valence-corrected chi connectivity index (χ4v) is 1.25. The molecule has 0 radical (unpaired) electrons. The van der Waals surface area contributed by atoms with Gasteiger partial charge in [0.15, 0.2) is 23.3 Å². The lowest BCUT2D eigenvalue weighted by molar-refractivity contribution is 0.507. The van der Waals surface area contributed by atoms with E-state index in [1.54, 1.807) is 0 Å². The molecule has 0 aliphatic carbocycles. The molecule has 2 aromatic rings. The Kier molecular flexibility index (Phi) is 3.36. The lowest BCUT2D eigenvalue weighted by atomic mass is 10.3. The first-order valence-electron chi connectivity index (χ1n) is 4.89. The van der Waals surface area contributed by atoms with Gasteiger partial charge in [-0.05, 0) is 24.3 Å². The van der Waals surface area contributed by atoms with E-state index < -0.39 is 34.6 Å². The average Bonchev–Trinajstić information content (AvgIpc) is 2.36. The van der Waals surface area contributed by atoms with Crippen molar-refractivity contribution >= 4 is 11.4 Å². The van der Waals surface area contributed by atoms with Gasteiger partial charge in [0.1, 0.15) is 11.4 Å².